The van der Waals surface area contributed by atoms with Crippen LogP contribution in [0.3, 0.4) is 0 Å². The molecule has 1 aliphatic rings. The highest BCUT2D eigenvalue weighted by atomic mass is 79.9. The number of carbonyl (C=O) groups excluding carboxylic acids is 1. The summed E-state index contributed by atoms with van der Waals surface area (Å²) in [5.74, 6) is -0.577. The van der Waals surface area contributed by atoms with Gasteiger partial charge in [-0.1, -0.05) is 0 Å². The van der Waals surface area contributed by atoms with Crippen molar-refractivity contribution in [2.75, 3.05) is 27.4 Å². The molecule has 28 heavy (non-hydrogen) atoms. The maximum Gasteiger partial charge on any atom is 0.314 e. The Hall–Kier alpha value is -0.870. The second-order valence-corrected chi connectivity index (χ2v) is 10.6. The van der Waals surface area contributed by atoms with Gasteiger partial charge in [0.1, 0.15) is 16.3 Å². The lowest BCUT2D eigenvalue weighted by molar-refractivity contribution is -0.161. The van der Waals surface area contributed by atoms with Crippen molar-refractivity contribution in [2.45, 2.75) is 44.4 Å². The number of carbonyl (C=O) groups is 1. The average Bonchev–Trinajstić information content (AvgIpc) is 2.66. The van der Waals surface area contributed by atoms with E-state index in [9.17, 15) is 13.7 Å². The fourth-order valence-corrected chi connectivity index (χ4v) is 4.50. The molecule has 0 spiro atoms. The molecule has 0 amide bonds. The van der Waals surface area contributed by atoms with Gasteiger partial charge in [0.25, 0.3) is 0 Å². The predicted molar refractivity (Wildman–Crippen MR) is 109 cm³/mol. The van der Waals surface area contributed by atoms with Gasteiger partial charge in [-0.25, -0.2) is 4.39 Å². The molecule has 0 saturated carbocycles. The van der Waals surface area contributed by atoms with Crippen LogP contribution in [0.15, 0.2) is 16.6 Å². The molecule has 1 aliphatic heterocycles. The van der Waals surface area contributed by atoms with E-state index in [4.69, 9.17) is 14.2 Å². The SMILES string of the molecule is COC(=O)C1([C@@H](N[S+]([O-])C(C)(C)C)c2cc(F)c(Br)cc2OC)CCOCC1. The first-order valence-electron chi connectivity index (χ1n) is 8.94. The maximum absolute atomic E-state index is 14.5. The van der Waals surface area contributed by atoms with Crippen LogP contribution in [0.4, 0.5) is 4.39 Å². The van der Waals surface area contributed by atoms with Gasteiger partial charge in [-0.2, -0.15) is 0 Å². The number of ether oxygens (including phenoxy) is 3. The van der Waals surface area contributed by atoms with Gasteiger partial charge in [-0.3, -0.25) is 4.79 Å². The predicted octanol–water partition coefficient (Wildman–Crippen LogP) is 3.66. The lowest BCUT2D eigenvalue weighted by atomic mass is 9.71. The molecule has 1 N–H and O–H groups in total. The molecule has 0 bridgehead atoms. The number of hydrogen-bond acceptors (Lipinski definition) is 6. The Balaban J connectivity index is 2.66. The van der Waals surface area contributed by atoms with Crippen LogP contribution in [0.25, 0.3) is 0 Å². The normalized spacial score (nSPS) is 19.0. The van der Waals surface area contributed by atoms with Gasteiger partial charge >= 0.3 is 5.97 Å². The van der Waals surface area contributed by atoms with Crippen LogP contribution in [0.1, 0.15) is 45.2 Å². The van der Waals surface area contributed by atoms with Gasteiger partial charge in [-0.05, 0) is 61.7 Å². The molecule has 158 valence electrons. The molecule has 1 unspecified atom stereocenters. The summed E-state index contributed by atoms with van der Waals surface area (Å²) in [5, 5.41) is 0. The van der Waals surface area contributed by atoms with E-state index in [1.165, 1.54) is 26.4 Å². The number of halogens is 2. The second-order valence-electron chi connectivity index (χ2n) is 7.70. The van der Waals surface area contributed by atoms with Gasteiger partial charge in [-0.15, -0.1) is 4.72 Å². The molecule has 6 nitrogen and oxygen atoms in total. The maximum atomic E-state index is 14.5. The largest absolute Gasteiger partial charge is 0.598 e. The minimum atomic E-state index is -1.52. The van der Waals surface area contributed by atoms with E-state index in [-0.39, 0.29) is 4.47 Å². The third kappa shape index (κ3) is 4.81. The Morgan fingerprint density at radius 3 is 2.46 bits per heavy atom. The molecule has 1 fully saturated rings. The molecular weight excluding hydrogens is 453 g/mol. The van der Waals surface area contributed by atoms with E-state index in [1.807, 2.05) is 20.8 Å². The van der Waals surface area contributed by atoms with Gasteiger partial charge in [0.15, 0.2) is 0 Å². The smallest absolute Gasteiger partial charge is 0.314 e. The summed E-state index contributed by atoms with van der Waals surface area (Å²) in [4.78, 5) is 12.9. The number of nitrogens with one attached hydrogen (secondary N) is 1. The molecule has 1 aromatic rings. The summed E-state index contributed by atoms with van der Waals surface area (Å²) >= 11 is 1.63. The first-order chi connectivity index (χ1) is 13.1. The van der Waals surface area contributed by atoms with E-state index < -0.39 is 39.4 Å². The topological polar surface area (TPSA) is 79.9 Å². The Bertz CT molecular complexity index is 706. The molecule has 1 heterocycles. The molecule has 1 saturated heterocycles. The Labute approximate surface area is 176 Å². The third-order valence-electron chi connectivity index (χ3n) is 4.89. The molecule has 2 rings (SSSR count). The van der Waals surface area contributed by atoms with E-state index in [0.29, 0.717) is 37.4 Å². The van der Waals surface area contributed by atoms with Crippen molar-refractivity contribution in [2.24, 2.45) is 5.41 Å². The zero-order valence-corrected chi connectivity index (χ0v) is 19.2. The van der Waals surface area contributed by atoms with Gasteiger partial charge in [0, 0.05) is 30.1 Å². The highest BCUT2D eigenvalue weighted by molar-refractivity contribution is 9.10. The van der Waals surface area contributed by atoms with E-state index >= 15 is 0 Å². The summed E-state index contributed by atoms with van der Waals surface area (Å²) in [6, 6.07) is 2.02. The monoisotopic (exact) mass is 479 g/mol. The molecule has 0 radical (unpaired) electrons. The van der Waals surface area contributed by atoms with Crippen LogP contribution >= 0.6 is 15.9 Å². The van der Waals surface area contributed by atoms with Crippen LogP contribution in [0, 0.1) is 11.2 Å². The lowest BCUT2D eigenvalue weighted by Gasteiger charge is -2.42. The Morgan fingerprint density at radius 1 is 1.36 bits per heavy atom. The standard InChI is InChI=1S/C19H27BrFNO5S/c1-18(2,3)28(24)22-16(12-10-14(21)13(20)11-15(12)25-4)19(17(23)26-5)6-8-27-9-7-19/h10-11,16,22H,6-9H2,1-5H3/t16-,28?/m0/s1. The van der Waals surface area contributed by atoms with Crippen molar-refractivity contribution in [1.82, 2.24) is 4.72 Å². The highest BCUT2D eigenvalue weighted by Gasteiger charge is 2.52. The van der Waals surface area contributed by atoms with Gasteiger partial charge in [0.05, 0.1) is 30.1 Å². The molecule has 1 aromatic carbocycles. The minimum absolute atomic E-state index is 0.239. The second kappa shape index (κ2) is 9.30. The van der Waals surface area contributed by atoms with Crippen molar-refractivity contribution < 1.29 is 27.9 Å². The van der Waals surface area contributed by atoms with E-state index in [0.717, 1.165) is 0 Å². The van der Waals surface area contributed by atoms with E-state index in [1.54, 1.807) is 0 Å². The number of rotatable bonds is 6. The fraction of sp³-hybridized carbons (Fsp3) is 0.632. The first-order valence-corrected chi connectivity index (χ1v) is 10.9. The van der Waals surface area contributed by atoms with Crippen molar-refractivity contribution >= 4 is 33.3 Å². The van der Waals surface area contributed by atoms with Gasteiger partial charge < -0.3 is 18.8 Å². The third-order valence-corrected chi connectivity index (χ3v) is 7.06. The number of methoxy groups -OCH3 is 2. The first kappa shape index (κ1) is 23.4. The fourth-order valence-electron chi connectivity index (χ4n) is 3.25. The summed E-state index contributed by atoms with van der Waals surface area (Å²) in [5.41, 5.74) is -0.658. The summed E-state index contributed by atoms with van der Waals surface area (Å²) < 4.78 is 46.2. The zero-order chi connectivity index (χ0) is 21.1. The Kier molecular flexibility index (Phi) is 7.77. The van der Waals surface area contributed by atoms with Crippen LogP contribution in [0.5, 0.6) is 5.75 Å². The van der Waals surface area contributed by atoms with Crippen LogP contribution in [-0.2, 0) is 25.6 Å². The van der Waals surface area contributed by atoms with Crippen LogP contribution in [0.2, 0.25) is 0 Å². The highest BCUT2D eigenvalue weighted by Crippen LogP contribution is 2.47. The number of hydrogen-bond donors (Lipinski definition) is 1. The molecule has 0 aromatic heterocycles. The number of benzene rings is 1. The number of esters is 1. The average molecular weight is 480 g/mol. The Morgan fingerprint density at radius 2 is 1.96 bits per heavy atom. The minimum Gasteiger partial charge on any atom is -0.598 e. The quantitative estimate of drug-likeness (QED) is 0.495. The van der Waals surface area contributed by atoms with E-state index in [2.05, 4.69) is 20.7 Å². The van der Waals surface area contributed by atoms with Crippen molar-refractivity contribution in [1.29, 1.82) is 0 Å². The molecule has 0 aliphatic carbocycles. The summed E-state index contributed by atoms with van der Waals surface area (Å²) in [6.07, 6.45) is 0.693. The zero-order valence-electron chi connectivity index (χ0n) is 16.8. The molecule has 9 heteroatoms. The summed E-state index contributed by atoms with van der Waals surface area (Å²) in [6.45, 7) is 6.15. The van der Waals surface area contributed by atoms with Gasteiger partial charge in [0.2, 0.25) is 0 Å². The van der Waals surface area contributed by atoms with Crippen molar-refractivity contribution in [3.63, 3.8) is 0 Å². The molecule has 2 atom stereocenters. The molecular formula is C19H27BrFNO5S. The van der Waals surface area contributed by atoms with Crippen molar-refractivity contribution in [3.8, 4) is 5.75 Å². The summed E-state index contributed by atoms with van der Waals surface area (Å²) in [7, 11) is 2.78. The van der Waals surface area contributed by atoms with Crippen LogP contribution in [-0.4, -0.2) is 42.7 Å². The lowest BCUT2D eigenvalue weighted by Crippen LogP contribution is -2.52. The van der Waals surface area contributed by atoms with Crippen molar-refractivity contribution in [3.05, 3.63) is 28.0 Å². The van der Waals surface area contributed by atoms with Crippen LogP contribution < -0.4 is 9.46 Å².